The van der Waals surface area contributed by atoms with Crippen molar-refractivity contribution >= 4 is 29.1 Å². The minimum absolute atomic E-state index is 0.0658. The van der Waals surface area contributed by atoms with Crippen LogP contribution < -0.4 is 15.5 Å². The third kappa shape index (κ3) is 4.01. The summed E-state index contributed by atoms with van der Waals surface area (Å²) in [7, 11) is 0. The topological polar surface area (TPSA) is 78.5 Å². The van der Waals surface area contributed by atoms with E-state index < -0.39 is 11.8 Å². The Kier molecular flexibility index (Phi) is 5.73. The number of amides is 3. The van der Waals surface area contributed by atoms with E-state index in [2.05, 4.69) is 17.2 Å². The van der Waals surface area contributed by atoms with Gasteiger partial charge in [-0.25, -0.2) is 0 Å². The minimum atomic E-state index is -0.720. The summed E-state index contributed by atoms with van der Waals surface area (Å²) in [5, 5.41) is 5.01. The van der Waals surface area contributed by atoms with Crippen molar-refractivity contribution in [3.63, 3.8) is 0 Å². The average molecular weight is 329 g/mol. The summed E-state index contributed by atoms with van der Waals surface area (Å²) in [5.41, 5.74) is 2.43. The number of fused-ring (bicyclic) bond motifs is 1. The number of hydrogen-bond donors (Lipinski definition) is 2. The van der Waals surface area contributed by atoms with Crippen molar-refractivity contribution in [2.24, 2.45) is 5.92 Å². The van der Waals surface area contributed by atoms with Gasteiger partial charge in [0.05, 0.1) is 0 Å². The standard InChI is InChI=1S/C18H23N3O3/c1-4-9-19-16(22)17(23)20-14-7-8-15-13(11-14)6-5-10-21(15)18(24)12(2)3/h4,7-8,11-12H,1,5-6,9-10H2,2-3H3,(H,19,22)(H,20,23). The van der Waals surface area contributed by atoms with Crippen LogP contribution in [0, 0.1) is 5.92 Å². The lowest BCUT2D eigenvalue weighted by molar-refractivity contribution is -0.136. The molecule has 0 unspecified atom stereocenters. The SMILES string of the molecule is C=CCNC(=O)C(=O)Nc1ccc2c(c1)CCCN2C(=O)C(C)C. The van der Waals surface area contributed by atoms with Gasteiger partial charge < -0.3 is 15.5 Å². The summed E-state index contributed by atoms with van der Waals surface area (Å²) < 4.78 is 0. The predicted molar refractivity (Wildman–Crippen MR) is 93.8 cm³/mol. The Hall–Kier alpha value is -2.63. The molecule has 2 N–H and O–H groups in total. The fourth-order valence-electron chi connectivity index (χ4n) is 2.65. The Morgan fingerprint density at radius 2 is 2.04 bits per heavy atom. The first-order chi connectivity index (χ1) is 11.4. The molecule has 0 atom stereocenters. The van der Waals surface area contributed by atoms with Crippen molar-refractivity contribution < 1.29 is 14.4 Å². The molecule has 1 heterocycles. The van der Waals surface area contributed by atoms with E-state index in [0.29, 0.717) is 12.2 Å². The lowest BCUT2D eigenvalue weighted by atomic mass is 9.99. The highest BCUT2D eigenvalue weighted by Gasteiger charge is 2.24. The van der Waals surface area contributed by atoms with Gasteiger partial charge in [-0.1, -0.05) is 19.9 Å². The maximum absolute atomic E-state index is 12.3. The smallest absolute Gasteiger partial charge is 0.313 e. The predicted octanol–water partition coefficient (Wildman–Crippen LogP) is 1.86. The van der Waals surface area contributed by atoms with Crippen LogP contribution in [0.15, 0.2) is 30.9 Å². The van der Waals surface area contributed by atoms with Gasteiger partial charge in [-0.05, 0) is 36.6 Å². The third-order valence-corrected chi connectivity index (χ3v) is 3.83. The zero-order valence-electron chi connectivity index (χ0n) is 14.1. The van der Waals surface area contributed by atoms with Crippen molar-refractivity contribution in [2.45, 2.75) is 26.7 Å². The van der Waals surface area contributed by atoms with Gasteiger partial charge in [0.25, 0.3) is 0 Å². The minimum Gasteiger partial charge on any atom is -0.344 e. The zero-order valence-corrected chi connectivity index (χ0v) is 14.1. The molecule has 0 saturated heterocycles. The first-order valence-electron chi connectivity index (χ1n) is 8.08. The molecule has 1 aliphatic rings. The van der Waals surface area contributed by atoms with Gasteiger partial charge in [0, 0.05) is 30.4 Å². The van der Waals surface area contributed by atoms with E-state index in [1.165, 1.54) is 6.08 Å². The number of nitrogens with one attached hydrogen (secondary N) is 2. The fraction of sp³-hybridized carbons (Fsp3) is 0.389. The van der Waals surface area contributed by atoms with E-state index in [1.54, 1.807) is 11.0 Å². The number of hydrogen-bond acceptors (Lipinski definition) is 3. The molecule has 0 saturated carbocycles. The third-order valence-electron chi connectivity index (χ3n) is 3.83. The quantitative estimate of drug-likeness (QED) is 0.654. The van der Waals surface area contributed by atoms with E-state index in [1.807, 2.05) is 26.0 Å². The number of aryl methyl sites for hydroxylation is 1. The summed E-state index contributed by atoms with van der Waals surface area (Å²) in [6, 6.07) is 5.36. The molecule has 2 rings (SSSR count). The fourth-order valence-corrected chi connectivity index (χ4v) is 2.65. The number of anilines is 2. The Morgan fingerprint density at radius 1 is 1.29 bits per heavy atom. The van der Waals surface area contributed by atoms with E-state index >= 15 is 0 Å². The molecule has 1 aromatic rings. The molecule has 1 aliphatic heterocycles. The molecule has 0 aromatic heterocycles. The maximum Gasteiger partial charge on any atom is 0.313 e. The van der Waals surface area contributed by atoms with Gasteiger partial charge in [0.2, 0.25) is 5.91 Å². The largest absolute Gasteiger partial charge is 0.344 e. The second kappa shape index (κ2) is 7.77. The van der Waals surface area contributed by atoms with Gasteiger partial charge in [-0.15, -0.1) is 6.58 Å². The van der Waals surface area contributed by atoms with Gasteiger partial charge in [0.1, 0.15) is 0 Å². The van der Waals surface area contributed by atoms with E-state index in [9.17, 15) is 14.4 Å². The van der Waals surface area contributed by atoms with E-state index in [0.717, 1.165) is 24.1 Å². The Balaban J connectivity index is 2.13. The number of rotatable bonds is 4. The molecular weight excluding hydrogens is 306 g/mol. The second-order valence-corrected chi connectivity index (χ2v) is 6.04. The lowest BCUT2D eigenvalue weighted by Gasteiger charge is -2.31. The van der Waals surface area contributed by atoms with Crippen LogP contribution in [-0.4, -0.2) is 30.8 Å². The molecule has 0 fully saturated rings. The van der Waals surface area contributed by atoms with Crippen LogP contribution in [0.1, 0.15) is 25.8 Å². The molecule has 6 nitrogen and oxygen atoms in total. The first-order valence-corrected chi connectivity index (χ1v) is 8.08. The van der Waals surface area contributed by atoms with Gasteiger partial charge in [-0.3, -0.25) is 14.4 Å². The maximum atomic E-state index is 12.3. The molecular formula is C18H23N3O3. The van der Waals surface area contributed by atoms with Crippen molar-refractivity contribution in [3.05, 3.63) is 36.4 Å². The summed E-state index contributed by atoms with van der Waals surface area (Å²) >= 11 is 0. The molecule has 0 spiro atoms. The van der Waals surface area contributed by atoms with E-state index in [-0.39, 0.29) is 18.4 Å². The monoisotopic (exact) mass is 329 g/mol. The Labute approximate surface area is 141 Å². The Morgan fingerprint density at radius 3 is 2.71 bits per heavy atom. The van der Waals surface area contributed by atoms with Crippen LogP contribution in [0.2, 0.25) is 0 Å². The number of carbonyl (C=O) groups is 3. The summed E-state index contributed by atoms with van der Waals surface area (Å²) in [6.07, 6.45) is 3.22. The van der Waals surface area contributed by atoms with Crippen LogP contribution >= 0.6 is 0 Å². The first kappa shape index (κ1) is 17.7. The van der Waals surface area contributed by atoms with Crippen LogP contribution in [0.5, 0.6) is 0 Å². The van der Waals surface area contributed by atoms with Crippen molar-refractivity contribution in [2.75, 3.05) is 23.3 Å². The molecule has 6 heteroatoms. The van der Waals surface area contributed by atoms with Gasteiger partial charge in [-0.2, -0.15) is 0 Å². The normalized spacial score (nSPS) is 13.2. The van der Waals surface area contributed by atoms with Crippen molar-refractivity contribution in [3.8, 4) is 0 Å². The van der Waals surface area contributed by atoms with Gasteiger partial charge in [0.15, 0.2) is 0 Å². The van der Waals surface area contributed by atoms with Gasteiger partial charge >= 0.3 is 11.8 Å². The second-order valence-electron chi connectivity index (χ2n) is 6.04. The highest BCUT2D eigenvalue weighted by molar-refractivity contribution is 6.39. The summed E-state index contributed by atoms with van der Waals surface area (Å²) in [5.74, 6) is -1.40. The molecule has 0 radical (unpaired) electrons. The molecule has 128 valence electrons. The summed E-state index contributed by atoms with van der Waals surface area (Å²) in [6.45, 7) is 8.19. The highest BCUT2D eigenvalue weighted by atomic mass is 16.2. The molecule has 0 aliphatic carbocycles. The van der Waals surface area contributed by atoms with Crippen LogP contribution in [0.25, 0.3) is 0 Å². The van der Waals surface area contributed by atoms with Crippen LogP contribution in [-0.2, 0) is 20.8 Å². The lowest BCUT2D eigenvalue weighted by Crippen LogP contribution is -2.38. The zero-order chi connectivity index (χ0) is 17.7. The highest BCUT2D eigenvalue weighted by Crippen LogP contribution is 2.30. The molecule has 1 aromatic carbocycles. The number of benzene rings is 1. The molecule has 0 bridgehead atoms. The van der Waals surface area contributed by atoms with Crippen LogP contribution in [0.4, 0.5) is 11.4 Å². The van der Waals surface area contributed by atoms with E-state index in [4.69, 9.17) is 0 Å². The molecule has 24 heavy (non-hydrogen) atoms. The van der Waals surface area contributed by atoms with Crippen molar-refractivity contribution in [1.29, 1.82) is 0 Å². The summed E-state index contributed by atoms with van der Waals surface area (Å²) in [4.78, 5) is 37.5. The molecule has 3 amide bonds. The van der Waals surface area contributed by atoms with Crippen LogP contribution in [0.3, 0.4) is 0 Å². The Bertz CT molecular complexity index is 667. The average Bonchev–Trinajstić information content (AvgIpc) is 2.58. The van der Waals surface area contributed by atoms with Crippen molar-refractivity contribution in [1.82, 2.24) is 5.32 Å². The number of nitrogens with zero attached hydrogens (tertiary/aromatic N) is 1. The number of carbonyl (C=O) groups excluding carboxylic acids is 3.